The molecule has 0 unspecified atom stereocenters. The van der Waals surface area contributed by atoms with Gasteiger partial charge >= 0.3 is 0 Å². The molecule has 3 nitrogen and oxygen atoms in total. The summed E-state index contributed by atoms with van der Waals surface area (Å²) in [6.07, 6.45) is 2.25. The van der Waals surface area contributed by atoms with E-state index in [0.29, 0.717) is 13.1 Å². The Bertz CT molecular complexity index is 221. The van der Waals surface area contributed by atoms with Crippen LogP contribution in [0.15, 0.2) is 0 Å². The highest BCUT2D eigenvalue weighted by atomic mass is 19.3. The third-order valence-electron chi connectivity index (χ3n) is 3.79. The average molecular weight is 264 g/mol. The Labute approximate surface area is 109 Å². The van der Waals surface area contributed by atoms with Crippen molar-refractivity contribution in [3.05, 3.63) is 0 Å². The fraction of sp³-hybridized carbons (Fsp3) is 1.00. The quantitative estimate of drug-likeness (QED) is 0.665. The van der Waals surface area contributed by atoms with Gasteiger partial charge in [0.05, 0.1) is 13.2 Å². The fourth-order valence-electron chi connectivity index (χ4n) is 2.95. The SMILES string of the molecule is CCNCC1(CN(CCO)CC(F)F)CCCC1. The van der Waals surface area contributed by atoms with Gasteiger partial charge in [-0.1, -0.05) is 19.8 Å². The van der Waals surface area contributed by atoms with Gasteiger partial charge in [-0.2, -0.15) is 0 Å². The van der Waals surface area contributed by atoms with E-state index in [-0.39, 0.29) is 18.6 Å². The Morgan fingerprint density at radius 3 is 2.50 bits per heavy atom. The van der Waals surface area contributed by atoms with Gasteiger partial charge in [0.2, 0.25) is 0 Å². The standard InChI is InChI=1S/C13H26F2N2O/c1-2-16-10-13(5-3-4-6-13)11-17(7-8-18)9-12(14)15/h12,16,18H,2-11H2,1H3. The average Bonchev–Trinajstić information content (AvgIpc) is 2.75. The summed E-state index contributed by atoms with van der Waals surface area (Å²) in [5.74, 6) is 0. The van der Waals surface area contributed by atoms with Crippen molar-refractivity contribution in [2.24, 2.45) is 5.41 Å². The van der Waals surface area contributed by atoms with Crippen LogP contribution in [0, 0.1) is 5.41 Å². The van der Waals surface area contributed by atoms with Crippen molar-refractivity contribution in [3.8, 4) is 0 Å². The van der Waals surface area contributed by atoms with E-state index < -0.39 is 6.43 Å². The molecule has 0 aromatic carbocycles. The molecule has 108 valence electrons. The fourth-order valence-corrected chi connectivity index (χ4v) is 2.95. The highest BCUT2D eigenvalue weighted by molar-refractivity contribution is 4.89. The smallest absolute Gasteiger partial charge is 0.251 e. The van der Waals surface area contributed by atoms with Gasteiger partial charge in [0.1, 0.15) is 0 Å². The van der Waals surface area contributed by atoms with Crippen molar-refractivity contribution >= 4 is 0 Å². The number of alkyl halides is 2. The van der Waals surface area contributed by atoms with Crippen molar-refractivity contribution in [2.75, 3.05) is 39.3 Å². The number of nitrogens with zero attached hydrogens (tertiary/aromatic N) is 1. The number of halogens is 2. The molecule has 1 aliphatic rings. The minimum Gasteiger partial charge on any atom is -0.395 e. The van der Waals surface area contributed by atoms with E-state index >= 15 is 0 Å². The zero-order valence-corrected chi connectivity index (χ0v) is 11.3. The van der Waals surface area contributed by atoms with Crippen LogP contribution in [0.4, 0.5) is 8.78 Å². The summed E-state index contributed by atoms with van der Waals surface area (Å²) in [4.78, 5) is 1.72. The predicted octanol–water partition coefficient (Wildman–Crippen LogP) is 1.72. The van der Waals surface area contributed by atoms with Crippen LogP contribution < -0.4 is 5.32 Å². The van der Waals surface area contributed by atoms with Crippen molar-refractivity contribution in [1.29, 1.82) is 0 Å². The van der Waals surface area contributed by atoms with Crippen LogP contribution in [0.3, 0.4) is 0 Å². The van der Waals surface area contributed by atoms with Crippen LogP contribution in [0.5, 0.6) is 0 Å². The van der Waals surface area contributed by atoms with Gasteiger partial charge in [0.15, 0.2) is 0 Å². The Morgan fingerprint density at radius 2 is 2.00 bits per heavy atom. The van der Waals surface area contributed by atoms with E-state index in [1.165, 1.54) is 12.8 Å². The van der Waals surface area contributed by atoms with Crippen molar-refractivity contribution in [2.45, 2.75) is 39.0 Å². The summed E-state index contributed by atoms with van der Waals surface area (Å²) < 4.78 is 25.0. The van der Waals surface area contributed by atoms with Crippen molar-refractivity contribution < 1.29 is 13.9 Å². The van der Waals surface area contributed by atoms with Crippen LogP contribution >= 0.6 is 0 Å². The molecule has 0 atom stereocenters. The maximum atomic E-state index is 12.5. The van der Waals surface area contributed by atoms with E-state index in [9.17, 15) is 8.78 Å². The zero-order valence-electron chi connectivity index (χ0n) is 11.3. The van der Waals surface area contributed by atoms with Gasteiger partial charge in [0.25, 0.3) is 6.43 Å². The number of aliphatic hydroxyl groups is 1. The monoisotopic (exact) mass is 264 g/mol. The second-order valence-corrected chi connectivity index (χ2v) is 5.34. The Hall–Kier alpha value is -0.260. The third-order valence-corrected chi connectivity index (χ3v) is 3.79. The molecule has 5 heteroatoms. The van der Waals surface area contributed by atoms with Gasteiger partial charge in [-0.05, 0) is 24.8 Å². The largest absolute Gasteiger partial charge is 0.395 e. The summed E-state index contributed by atoms with van der Waals surface area (Å²) in [6, 6.07) is 0. The molecule has 0 amide bonds. The van der Waals surface area contributed by atoms with Crippen molar-refractivity contribution in [1.82, 2.24) is 10.2 Å². The molecule has 1 saturated carbocycles. The molecule has 1 fully saturated rings. The molecule has 0 aromatic heterocycles. The molecule has 0 radical (unpaired) electrons. The van der Waals surface area contributed by atoms with Crippen LogP contribution in [-0.2, 0) is 0 Å². The molecule has 0 heterocycles. The summed E-state index contributed by atoms with van der Waals surface area (Å²) in [5.41, 5.74) is 0.125. The minimum atomic E-state index is -2.32. The van der Waals surface area contributed by atoms with Gasteiger partial charge in [-0.25, -0.2) is 8.78 Å². The second-order valence-electron chi connectivity index (χ2n) is 5.34. The summed E-state index contributed by atoms with van der Waals surface area (Å²) in [6.45, 7) is 4.61. The predicted molar refractivity (Wildman–Crippen MR) is 69.0 cm³/mol. The molecule has 0 aliphatic heterocycles. The Kier molecular flexibility index (Phi) is 7.04. The van der Waals surface area contributed by atoms with E-state index in [2.05, 4.69) is 12.2 Å². The number of rotatable bonds is 9. The van der Waals surface area contributed by atoms with Gasteiger partial charge in [0, 0.05) is 19.6 Å². The Balaban J connectivity index is 2.55. The molecular formula is C13H26F2N2O. The molecule has 1 rings (SSSR count). The van der Waals surface area contributed by atoms with Gasteiger partial charge in [-0.15, -0.1) is 0 Å². The highest BCUT2D eigenvalue weighted by Gasteiger charge is 2.35. The maximum Gasteiger partial charge on any atom is 0.251 e. The van der Waals surface area contributed by atoms with E-state index in [1.54, 1.807) is 4.90 Å². The lowest BCUT2D eigenvalue weighted by Gasteiger charge is -2.35. The second kappa shape index (κ2) is 8.02. The van der Waals surface area contributed by atoms with E-state index in [4.69, 9.17) is 5.11 Å². The number of hydrogen-bond donors (Lipinski definition) is 2. The number of hydrogen-bond acceptors (Lipinski definition) is 3. The molecule has 0 aromatic rings. The summed E-state index contributed by atoms with van der Waals surface area (Å²) in [5, 5.41) is 12.3. The van der Waals surface area contributed by atoms with Gasteiger partial charge in [-0.3, -0.25) is 4.90 Å². The number of aliphatic hydroxyl groups excluding tert-OH is 1. The lowest BCUT2D eigenvalue weighted by Crippen LogP contribution is -2.45. The first-order chi connectivity index (χ1) is 8.62. The molecular weight excluding hydrogens is 238 g/mol. The molecule has 0 spiro atoms. The molecule has 2 N–H and O–H groups in total. The molecule has 0 bridgehead atoms. The number of nitrogens with one attached hydrogen (secondary N) is 1. The Morgan fingerprint density at radius 1 is 1.33 bits per heavy atom. The summed E-state index contributed by atoms with van der Waals surface area (Å²) in [7, 11) is 0. The minimum absolute atomic E-state index is 0.0516. The zero-order chi connectivity index (χ0) is 13.4. The molecule has 18 heavy (non-hydrogen) atoms. The third kappa shape index (κ3) is 5.16. The first-order valence-electron chi connectivity index (χ1n) is 6.94. The lowest BCUT2D eigenvalue weighted by atomic mass is 9.85. The molecule has 1 aliphatic carbocycles. The normalized spacial score (nSPS) is 19.0. The van der Waals surface area contributed by atoms with Gasteiger partial charge < -0.3 is 10.4 Å². The first-order valence-corrected chi connectivity index (χ1v) is 6.94. The van der Waals surface area contributed by atoms with Crippen LogP contribution in [0.1, 0.15) is 32.6 Å². The van der Waals surface area contributed by atoms with Crippen LogP contribution in [0.2, 0.25) is 0 Å². The molecule has 0 saturated heterocycles. The topological polar surface area (TPSA) is 35.5 Å². The van der Waals surface area contributed by atoms with Crippen LogP contribution in [-0.4, -0.2) is 55.8 Å². The summed E-state index contributed by atoms with van der Waals surface area (Å²) >= 11 is 0. The lowest BCUT2D eigenvalue weighted by molar-refractivity contribution is 0.0514. The first kappa shape index (κ1) is 15.8. The van der Waals surface area contributed by atoms with Crippen molar-refractivity contribution in [3.63, 3.8) is 0 Å². The van der Waals surface area contributed by atoms with E-state index in [0.717, 1.165) is 25.9 Å². The van der Waals surface area contributed by atoms with Crippen LogP contribution in [0.25, 0.3) is 0 Å². The van der Waals surface area contributed by atoms with E-state index in [1.807, 2.05) is 0 Å². The highest BCUT2D eigenvalue weighted by Crippen LogP contribution is 2.38. The maximum absolute atomic E-state index is 12.5.